The average Bonchev–Trinajstić information content (AvgIpc) is 2.90. The molecule has 0 amide bonds. The lowest BCUT2D eigenvalue weighted by molar-refractivity contribution is -0.232. The summed E-state index contributed by atoms with van der Waals surface area (Å²) in [7, 11) is 0. The van der Waals surface area contributed by atoms with Gasteiger partial charge in [0.25, 0.3) is 0 Å². The smallest absolute Gasteiger partial charge is 0.183 e. The Morgan fingerprint density at radius 3 is 2.70 bits per heavy atom. The van der Waals surface area contributed by atoms with E-state index >= 15 is 0 Å². The number of ether oxygens (including phenoxy) is 2. The van der Waals surface area contributed by atoms with Crippen LogP contribution in [0.25, 0.3) is 5.57 Å². The van der Waals surface area contributed by atoms with Gasteiger partial charge in [0.15, 0.2) is 6.29 Å². The number of allylic oxidation sites excluding steroid dienone is 4. The van der Waals surface area contributed by atoms with Crippen molar-refractivity contribution in [3.63, 3.8) is 0 Å². The summed E-state index contributed by atoms with van der Waals surface area (Å²) in [5, 5.41) is 21.1. The standard InChI is InChI=1S/C32H41IO4/c1-5-6-7-21(3)23-8-9-24-14-27(17-34)29(19-37-32-30(35)12-20(2)18-36-32)31(28(24)15-23)25-10-11-26(16-33)22(4)13-25/h5-11,13,15,20,27,29-32,34-35H,12,14,16-19H2,1-4H3/b6-5-,21-7+/t20-,27?,29?,30?,31?,32?/m0/s1. The third-order valence-electron chi connectivity index (χ3n) is 8.05. The van der Waals surface area contributed by atoms with Gasteiger partial charge in [-0.25, -0.2) is 0 Å². The van der Waals surface area contributed by atoms with Crippen molar-refractivity contribution in [2.24, 2.45) is 17.8 Å². The maximum atomic E-state index is 10.6. The molecule has 0 bridgehead atoms. The summed E-state index contributed by atoms with van der Waals surface area (Å²) in [6, 6.07) is 13.6. The fraction of sp³-hybridized carbons (Fsp3) is 0.500. The Balaban J connectivity index is 1.75. The van der Waals surface area contributed by atoms with Gasteiger partial charge >= 0.3 is 0 Å². The van der Waals surface area contributed by atoms with Gasteiger partial charge in [0.05, 0.1) is 13.2 Å². The first-order chi connectivity index (χ1) is 17.9. The molecule has 200 valence electrons. The van der Waals surface area contributed by atoms with E-state index in [1.54, 1.807) is 0 Å². The minimum atomic E-state index is -0.623. The molecule has 1 aliphatic carbocycles. The predicted molar refractivity (Wildman–Crippen MR) is 159 cm³/mol. The van der Waals surface area contributed by atoms with E-state index in [0.29, 0.717) is 25.6 Å². The number of alkyl halides is 1. The molecule has 2 aromatic carbocycles. The Kier molecular flexibility index (Phi) is 10.0. The number of fused-ring (bicyclic) bond motifs is 1. The first-order valence-electron chi connectivity index (χ1n) is 13.5. The van der Waals surface area contributed by atoms with Crippen molar-refractivity contribution >= 4 is 28.2 Å². The minimum Gasteiger partial charge on any atom is -0.396 e. The molecule has 5 heteroatoms. The minimum absolute atomic E-state index is 0.0622. The molecular weight excluding hydrogens is 575 g/mol. The molecule has 1 saturated heterocycles. The van der Waals surface area contributed by atoms with Crippen LogP contribution >= 0.6 is 22.6 Å². The highest BCUT2D eigenvalue weighted by Crippen LogP contribution is 2.45. The SMILES string of the molecule is C/C=C\C=C(/C)c1ccc2c(c1)C(c1ccc(CI)c(C)c1)C(COC1OC[C@@H](C)CC1O)C(CO)C2. The van der Waals surface area contributed by atoms with E-state index in [-0.39, 0.29) is 24.4 Å². The molecule has 6 atom stereocenters. The van der Waals surface area contributed by atoms with Crippen LogP contribution in [0.15, 0.2) is 54.6 Å². The Hall–Kier alpha value is -1.51. The Bertz CT molecular complexity index is 1120. The summed E-state index contributed by atoms with van der Waals surface area (Å²) < 4.78 is 13.1. The number of aliphatic hydroxyl groups is 2. The molecule has 37 heavy (non-hydrogen) atoms. The van der Waals surface area contributed by atoms with Crippen LogP contribution in [0.4, 0.5) is 0 Å². The number of hydrogen-bond donors (Lipinski definition) is 2. The van der Waals surface area contributed by atoms with Crippen molar-refractivity contribution < 1.29 is 19.7 Å². The average molecular weight is 617 g/mol. The summed E-state index contributed by atoms with van der Waals surface area (Å²) in [4.78, 5) is 0. The Labute approximate surface area is 235 Å². The van der Waals surface area contributed by atoms with Crippen LogP contribution in [0, 0.1) is 24.7 Å². The van der Waals surface area contributed by atoms with Crippen LogP contribution in [0.1, 0.15) is 66.5 Å². The molecule has 0 radical (unpaired) electrons. The Morgan fingerprint density at radius 1 is 1.22 bits per heavy atom. The van der Waals surface area contributed by atoms with E-state index in [1.165, 1.54) is 39.0 Å². The van der Waals surface area contributed by atoms with Crippen LogP contribution in [0.5, 0.6) is 0 Å². The van der Waals surface area contributed by atoms with Crippen molar-refractivity contribution in [2.75, 3.05) is 19.8 Å². The summed E-state index contributed by atoms with van der Waals surface area (Å²) in [6.45, 7) is 9.57. The van der Waals surface area contributed by atoms with Gasteiger partial charge in [0, 0.05) is 17.0 Å². The summed E-state index contributed by atoms with van der Waals surface area (Å²) in [5.41, 5.74) is 8.93. The predicted octanol–water partition coefficient (Wildman–Crippen LogP) is 6.58. The summed E-state index contributed by atoms with van der Waals surface area (Å²) >= 11 is 2.42. The number of benzene rings is 2. The molecule has 1 fully saturated rings. The zero-order valence-electron chi connectivity index (χ0n) is 22.5. The molecule has 0 saturated carbocycles. The van der Waals surface area contributed by atoms with Gasteiger partial charge in [0.2, 0.25) is 0 Å². The maximum absolute atomic E-state index is 10.6. The van der Waals surface area contributed by atoms with E-state index in [9.17, 15) is 10.2 Å². The van der Waals surface area contributed by atoms with E-state index in [2.05, 4.69) is 91.9 Å². The molecule has 4 rings (SSSR count). The molecule has 0 aromatic heterocycles. The van der Waals surface area contributed by atoms with E-state index < -0.39 is 12.4 Å². The monoisotopic (exact) mass is 616 g/mol. The largest absolute Gasteiger partial charge is 0.396 e. The van der Waals surface area contributed by atoms with Crippen molar-refractivity contribution in [1.29, 1.82) is 0 Å². The highest BCUT2D eigenvalue weighted by molar-refractivity contribution is 14.1. The van der Waals surface area contributed by atoms with E-state index in [0.717, 1.165) is 10.8 Å². The highest BCUT2D eigenvalue weighted by atomic mass is 127. The topological polar surface area (TPSA) is 58.9 Å². The quantitative estimate of drug-likeness (QED) is 0.200. The normalized spacial score (nSPS) is 28.5. The van der Waals surface area contributed by atoms with Gasteiger partial charge in [-0.2, -0.15) is 0 Å². The van der Waals surface area contributed by atoms with Gasteiger partial charge in [-0.3, -0.25) is 0 Å². The lowest BCUT2D eigenvalue weighted by atomic mass is 9.66. The van der Waals surface area contributed by atoms with Crippen LogP contribution in [-0.2, 0) is 20.3 Å². The number of aliphatic hydroxyl groups excluding tert-OH is 2. The van der Waals surface area contributed by atoms with Crippen molar-refractivity contribution in [1.82, 2.24) is 0 Å². The van der Waals surface area contributed by atoms with Crippen molar-refractivity contribution in [3.8, 4) is 0 Å². The Morgan fingerprint density at radius 2 is 2.03 bits per heavy atom. The first kappa shape index (κ1) is 28.5. The highest BCUT2D eigenvalue weighted by Gasteiger charge is 2.39. The second-order valence-electron chi connectivity index (χ2n) is 10.8. The van der Waals surface area contributed by atoms with Crippen LogP contribution < -0.4 is 0 Å². The zero-order valence-corrected chi connectivity index (χ0v) is 24.6. The number of hydrogen-bond acceptors (Lipinski definition) is 4. The molecule has 2 aliphatic rings. The number of aryl methyl sites for hydroxylation is 1. The van der Waals surface area contributed by atoms with Gasteiger partial charge in [-0.1, -0.05) is 84.1 Å². The lowest BCUT2D eigenvalue weighted by Gasteiger charge is -2.41. The molecule has 2 N–H and O–H groups in total. The maximum Gasteiger partial charge on any atom is 0.183 e. The third-order valence-corrected chi connectivity index (χ3v) is 8.87. The van der Waals surface area contributed by atoms with Crippen molar-refractivity contribution in [3.05, 3.63) is 88.0 Å². The van der Waals surface area contributed by atoms with Crippen LogP contribution in [0.2, 0.25) is 0 Å². The fourth-order valence-corrected chi connectivity index (χ4v) is 6.69. The molecular formula is C32H41IO4. The van der Waals surface area contributed by atoms with E-state index in [1.807, 2.05) is 13.0 Å². The van der Waals surface area contributed by atoms with E-state index in [4.69, 9.17) is 9.47 Å². The second kappa shape index (κ2) is 13.0. The summed E-state index contributed by atoms with van der Waals surface area (Å²) in [6.07, 6.45) is 6.53. The molecule has 0 spiro atoms. The molecule has 5 unspecified atom stereocenters. The van der Waals surface area contributed by atoms with Crippen LogP contribution in [0.3, 0.4) is 0 Å². The van der Waals surface area contributed by atoms with Crippen molar-refractivity contribution in [2.45, 2.75) is 63.3 Å². The lowest BCUT2D eigenvalue weighted by Crippen LogP contribution is -2.43. The number of halogens is 1. The van der Waals surface area contributed by atoms with Crippen LogP contribution in [-0.4, -0.2) is 42.4 Å². The van der Waals surface area contributed by atoms with Gasteiger partial charge in [-0.15, -0.1) is 0 Å². The molecule has 2 aromatic rings. The summed E-state index contributed by atoms with van der Waals surface area (Å²) in [5.74, 6) is 0.530. The second-order valence-corrected chi connectivity index (χ2v) is 11.6. The molecule has 1 heterocycles. The van der Waals surface area contributed by atoms with Gasteiger partial charge in [0.1, 0.15) is 6.10 Å². The number of rotatable bonds is 8. The molecule has 4 nitrogen and oxygen atoms in total. The van der Waals surface area contributed by atoms with Gasteiger partial charge in [-0.05, 0) is 90.3 Å². The fourth-order valence-electron chi connectivity index (χ4n) is 5.84. The van der Waals surface area contributed by atoms with Gasteiger partial charge < -0.3 is 19.7 Å². The first-order valence-corrected chi connectivity index (χ1v) is 15.0. The third kappa shape index (κ3) is 6.56. The zero-order chi connectivity index (χ0) is 26.5. The molecule has 1 aliphatic heterocycles.